The molecular formula is C9H18N2. The van der Waals surface area contributed by atoms with Crippen molar-refractivity contribution in [3.8, 4) is 0 Å². The maximum atomic E-state index is 5.92. The average molecular weight is 154 g/mol. The Morgan fingerprint density at radius 3 is 3.00 bits per heavy atom. The number of hydrogen-bond acceptors (Lipinski definition) is 2. The number of piperidine rings is 1. The first-order valence-electron chi connectivity index (χ1n) is 4.33. The summed E-state index contributed by atoms with van der Waals surface area (Å²) in [6, 6.07) is 0.365. The zero-order valence-corrected chi connectivity index (χ0v) is 7.29. The molecule has 0 aromatic carbocycles. The average Bonchev–Trinajstić information content (AvgIpc) is 1.98. The number of hydrogen-bond donors (Lipinski definition) is 1. The fraction of sp³-hybridized carbons (Fsp3) is 0.778. The van der Waals surface area contributed by atoms with Gasteiger partial charge in [-0.25, -0.2) is 0 Å². The molecule has 2 atom stereocenters. The van der Waals surface area contributed by atoms with Crippen LogP contribution in [0.1, 0.15) is 13.3 Å². The van der Waals surface area contributed by atoms with Crippen LogP contribution in [0.5, 0.6) is 0 Å². The minimum absolute atomic E-state index is 0.365. The molecule has 0 aromatic heterocycles. The lowest BCUT2D eigenvalue weighted by Gasteiger charge is -2.34. The maximum absolute atomic E-state index is 5.92. The van der Waals surface area contributed by atoms with E-state index in [1.165, 1.54) is 13.0 Å². The van der Waals surface area contributed by atoms with Gasteiger partial charge >= 0.3 is 0 Å². The Labute approximate surface area is 69.1 Å². The molecule has 1 saturated heterocycles. The third-order valence-electron chi connectivity index (χ3n) is 2.49. The maximum Gasteiger partial charge on any atom is 0.0194 e. The lowest BCUT2D eigenvalue weighted by Crippen LogP contribution is -2.47. The van der Waals surface area contributed by atoms with Gasteiger partial charge in [-0.2, -0.15) is 0 Å². The molecule has 0 saturated carbocycles. The van der Waals surface area contributed by atoms with Gasteiger partial charge in [-0.3, -0.25) is 4.90 Å². The Morgan fingerprint density at radius 1 is 1.73 bits per heavy atom. The zero-order valence-electron chi connectivity index (χ0n) is 7.29. The second-order valence-electron chi connectivity index (χ2n) is 3.48. The quantitative estimate of drug-likeness (QED) is 0.597. The van der Waals surface area contributed by atoms with E-state index in [1.807, 2.05) is 6.08 Å². The molecule has 2 N–H and O–H groups in total. The summed E-state index contributed by atoms with van der Waals surface area (Å²) in [6.45, 7) is 9.15. The van der Waals surface area contributed by atoms with Gasteiger partial charge in [-0.1, -0.05) is 13.0 Å². The minimum atomic E-state index is 0.365. The number of rotatable bonds is 2. The molecule has 1 unspecified atom stereocenters. The van der Waals surface area contributed by atoms with Gasteiger partial charge in [0, 0.05) is 19.1 Å². The first kappa shape index (κ1) is 8.75. The van der Waals surface area contributed by atoms with Crippen LogP contribution in [0.4, 0.5) is 0 Å². The van der Waals surface area contributed by atoms with Crippen molar-refractivity contribution < 1.29 is 0 Å². The minimum Gasteiger partial charge on any atom is -0.326 e. The highest BCUT2D eigenvalue weighted by atomic mass is 15.1. The monoisotopic (exact) mass is 154 g/mol. The second kappa shape index (κ2) is 3.88. The molecule has 1 aliphatic heterocycles. The molecule has 0 radical (unpaired) electrons. The topological polar surface area (TPSA) is 29.3 Å². The Bertz CT molecular complexity index is 134. The van der Waals surface area contributed by atoms with Crippen molar-refractivity contribution in [1.82, 2.24) is 4.90 Å². The molecule has 2 nitrogen and oxygen atoms in total. The third-order valence-corrected chi connectivity index (χ3v) is 2.49. The predicted octanol–water partition coefficient (Wildman–Crippen LogP) is 0.842. The molecule has 1 heterocycles. The molecule has 0 aliphatic carbocycles. The van der Waals surface area contributed by atoms with Crippen molar-refractivity contribution >= 4 is 0 Å². The summed E-state index contributed by atoms with van der Waals surface area (Å²) < 4.78 is 0. The second-order valence-corrected chi connectivity index (χ2v) is 3.48. The van der Waals surface area contributed by atoms with Gasteiger partial charge in [0.15, 0.2) is 0 Å². The van der Waals surface area contributed by atoms with E-state index < -0.39 is 0 Å². The Hall–Kier alpha value is -0.340. The summed E-state index contributed by atoms with van der Waals surface area (Å²) in [7, 11) is 0. The summed E-state index contributed by atoms with van der Waals surface area (Å²) in [5.41, 5.74) is 5.92. The molecule has 11 heavy (non-hydrogen) atoms. The van der Waals surface area contributed by atoms with Crippen LogP contribution in [0.3, 0.4) is 0 Å². The van der Waals surface area contributed by atoms with Crippen molar-refractivity contribution in [3.05, 3.63) is 12.7 Å². The van der Waals surface area contributed by atoms with Gasteiger partial charge in [0.05, 0.1) is 0 Å². The van der Waals surface area contributed by atoms with Crippen LogP contribution in [0, 0.1) is 5.92 Å². The van der Waals surface area contributed by atoms with Gasteiger partial charge < -0.3 is 5.73 Å². The zero-order chi connectivity index (χ0) is 8.27. The van der Waals surface area contributed by atoms with E-state index in [-0.39, 0.29) is 0 Å². The molecule has 0 spiro atoms. The van der Waals surface area contributed by atoms with Crippen molar-refractivity contribution in [2.24, 2.45) is 11.7 Å². The smallest absolute Gasteiger partial charge is 0.0194 e. The summed E-state index contributed by atoms with van der Waals surface area (Å²) >= 11 is 0. The van der Waals surface area contributed by atoms with Gasteiger partial charge in [0.1, 0.15) is 0 Å². The van der Waals surface area contributed by atoms with E-state index in [0.29, 0.717) is 12.0 Å². The molecule has 0 aromatic rings. The van der Waals surface area contributed by atoms with E-state index in [2.05, 4.69) is 18.4 Å². The molecule has 1 aliphatic rings. The van der Waals surface area contributed by atoms with Crippen molar-refractivity contribution in [2.45, 2.75) is 19.4 Å². The van der Waals surface area contributed by atoms with E-state index >= 15 is 0 Å². The van der Waals surface area contributed by atoms with Gasteiger partial charge in [-0.05, 0) is 18.9 Å². The Balaban J connectivity index is 2.33. The van der Waals surface area contributed by atoms with Gasteiger partial charge in [0.2, 0.25) is 0 Å². The van der Waals surface area contributed by atoms with E-state index in [1.54, 1.807) is 0 Å². The van der Waals surface area contributed by atoms with E-state index in [4.69, 9.17) is 5.73 Å². The molecule has 0 amide bonds. The first-order chi connectivity index (χ1) is 5.24. The number of likely N-dealkylation sites (tertiary alicyclic amines) is 1. The largest absolute Gasteiger partial charge is 0.326 e. The lowest BCUT2D eigenvalue weighted by molar-refractivity contribution is 0.184. The highest BCUT2D eigenvalue weighted by Gasteiger charge is 2.21. The summed E-state index contributed by atoms with van der Waals surface area (Å²) in [5.74, 6) is 0.691. The van der Waals surface area contributed by atoms with Gasteiger partial charge in [-0.15, -0.1) is 6.58 Å². The predicted molar refractivity (Wildman–Crippen MR) is 48.4 cm³/mol. The summed E-state index contributed by atoms with van der Waals surface area (Å²) in [6.07, 6.45) is 3.18. The van der Waals surface area contributed by atoms with Crippen LogP contribution < -0.4 is 5.73 Å². The first-order valence-corrected chi connectivity index (χ1v) is 4.33. The van der Waals surface area contributed by atoms with Crippen molar-refractivity contribution in [2.75, 3.05) is 19.6 Å². The summed E-state index contributed by atoms with van der Waals surface area (Å²) in [4.78, 5) is 2.36. The standard InChI is InChI=1S/C9H18N2/c1-3-5-11-6-4-8(2)9(10)7-11/h3,8-9H,1,4-7,10H2,2H3/t8-,9?/m1/s1. The molecule has 64 valence electrons. The SMILES string of the molecule is C=CCN1CC[C@@H](C)C(N)C1. The molecule has 1 rings (SSSR count). The Kier molecular flexibility index (Phi) is 3.09. The molecule has 2 heteroatoms. The lowest BCUT2D eigenvalue weighted by atomic mass is 9.94. The highest BCUT2D eigenvalue weighted by Crippen LogP contribution is 2.14. The highest BCUT2D eigenvalue weighted by molar-refractivity contribution is 4.83. The molecule has 1 fully saturated rings. The van der Waals surface area contributed by atoms with Crippen LogP contribution in [-0.4, -0.2) is 30.6 Å². The number of nitrogens with zero attached hydrogens (tertiary/aromatic N) is 1. The normalized spacial score (nSPS) is 33.6. The van der Waals surface area contributed by atoms with Gasteiger partial charge in [0.25, 0.3) is 0 Å². The number of nitrogens with two attached hydrogens (primary N) is 1. The third kappa shape index (κ3) is 2.31. The van der Waals surface area contributed by atoms with Crippen LogP contribution in [0.25, 0.3) is 0 Å². The van der Waals surface area contributed by atoms with Crippen LogP contribution in [0.15, 0.2) is 12.7 Å². The Morgan fingerprint density at radius 2 is 2.45 bits per heavy atom. The summed E-state index contributed by atoms with van der Waals surface area (Å²) in [5, 5.41) is 0. The van der Waals surface area contributed by atoms with Crippen LogP contribution in [0.2, 0.25) is 0 Å². The fourth-order valence-corrected chi connectivity index (χ4v) is 1.52. The van der Waals surface area contributed by atoms with Crippen LogP contribution in [-0.2, 0) is 0 Å². The fourth-order valence-electron chi connectivity index (χ4n) is 1.52. The van der Waals surface area contributed by atoms with E-state index in [9.17, 15) is 0 Å². The van der Waals surface area contributed by atoms with Crippen molar-refractivity contribution in [3.63, 3.8) is 0 Å². The molecule has 0 bridgehead atoms. The van der Waals surface area contributed by atoms with Crippen molar-refractivity contribution in [1.29, 1.82) is 0 Å². The molecular weight excluding hydrogens is 136 g/mol. The van der Waals surface area contributed by atoms with E-state index in [0.717, 1.165) is 13.1 Å². The van der Waals surface area contributed by atoms with Crippen LogP contribution >= 0.6 is 0 Å².